The van der Waals surface area contributed by atoms with Crippen LogP contribution in [0.25, 0.3) is 39.7 Å². The number of ether oxygens (including phenoxy) is 1. The molecule has 4 unspecified atom stereocenters. The van der Waals surface area contributed by atoms with Crippen molar-refractivity contribution in [2.24, 2.45) is 5.73 Å². The Morgan fingerprint density at radius 1 is 0.904 bits per heavy atom. The molecular formula is C44H57ClN6O. The number of aromatic nitrogens is 2. The number of rotatable bonds is 20. The minimum absolute atomic E-state index is 0.0916. The van der Waals surface area contributed by atoms with Gasteiger partial charge in [-0.3, -0.25) is 0 Å². The van der Waals surface area contributed by atoms with Gasteiger partial charge in [0, 0.05) is 53.5 Å². The second-order valence-corrected chi connectivity index (χ2v) is 14.1. The van der Waals surface area contributed by atoms with Gasteiger partial charge in [0.25, 0.3) is 0 Å². The van der Waals surface area contributed by atoms with E-state index in [0.29, 0.717) is 23.6 Å². The lowest BCUT2D eigenvalue weighted by molar-refractivity contribution is 0.300. The van der Waals surface area contributed by atoms with Gasteiger partial charge in [-0.1, -0.05) is 100 Å². The highest BCUT2D eigenvalue weighted by atomic mass is 35.5. The summed E-state index contributed by atoms with van der Waals surface area (Å²) < 4.78 is 6.10. The van der Waals surface area contributed by atoms with Crippen LogP contribution in [0.4, 0.5) is 0 Å². The summed E-state index contributed by atoms with van der Waals surface area (Å²) in [5.74, 6) is 0.689. The van der Waals surface area contributed by atoms with Crippen LogP contribution in [-0.2, 0) is 6.42 Å². The predicted molar refractivity (Wildman–Crippen MR) is 220 cm³/mol. The molecule has 3 heterocycles. The number of hydrogen-bond acceptors (Lipinski definition) is 7. The zero-order valence-corrected chi connectivity index (χ0v) is 32.2. The molecule has 0 amide bonds. The van der Waals surface area contributed by atoms with E-state index in [0.717, 1.165) is 108 Å². The largest absolute Gasteiger partial charge is 0.475 e. The summed E-state index contributed by atoms with van der Waals surface area (Å²) in [6.07, 6.45) is 10.7. The van der Waals surface area contributed by atoms with Crippen molar-refractivity contribution in [1.29, 1.82) is 0 Å². The van der Waals surface area contributed by atoms with E-state index in [-0.39, 0.29) is 18.1 Å². The summed E-state index contributed by atoms with van der Waals surface area (Å²) in [6.45, 7) is 16.7. The third kappa shape index (κ3) is 9.20. The SMILES string of the molecule is C=CCCC(CNC(CC)c1ccc(-c2cccc(-c3cccc(-c4ccc5c(n4)OCC5NCC(N)CCC)c3CCC)c2Cl)nc1C=C)NC. The number of pyridine rings is 2. The molecule has 52 heavy (non-hydrogen) atoms. The van der Waals surface area contributed by atoms with Crippen LogP contribution in [-0.4, -0.2) is 48.8 Å². The molecule has 1 aliphatic heterocycles. The first-order valence-corrected chi connectivity index (χ1v) is 19.4. The van der Waals surface area contributed by atoms with Crippen molar-refractivity contribution in [1.82, 2.24) is 25.9 Å². The summed E-state index contributed by atoms with van der Waals surface area (Å²) in [7, 11) is 2.01. The lowest BCUT2D eigenvalue weighted by Crippen LogP contribution is -2.38. The van der Waals surface area contributed by atoms with E-state index in [2.05, 4.69) is 111 Å². The van der Waals surface area contributed by atoms with E-state index in [1.54, 1.807) is 0 Å². The van der Waals surface area contributed by atoms with Crippen molar-refractivity contribution in [2.75, 3.05) is 26.7 Å². The van der Waals surface area contributed by atoms with Crippen LogP contribution in [0.2, 0.25) is 5.02 Å². The number of benzene rings is 2. The third-order valence-electron chi connectivity index (χ3n) is 10.1. The van der Waals surface area contributed by atoms with Crippen LogP contribution in [0, 0.1) is 0 Å². The number of allylic oxidation sites excluding steroid dienone is 1. The van der Waals surface area contributed by atoms with Gasteiger partial charge in [0.15, 0.2) is 0 Å². The van der Waals surface area contributed by atoms with E-state index in [9.17, 15) is 0 Å². The van der Waals surface area contributed by atoms with Crippen molar-refractivity contribution in [3.05, 3.63) is 107 Å². The summed E-state index contributed by atoms with van der Waals surface area (Å²) in [5, 5.41) is 11.4. The van der Waals surface area contributed by atoms with Gasteiger partial charge >= 0.3 is 0 Å². The van der Waals surface area contributed by atoms with Crippen molar-refractivity contribution in [3.8, 4) is 39.5 Å². The zero-order valence-electron chi connectivity index (χ0n) is 31.5. The zero-order chi connectivity index (χ0) is 37.0. The molecule has 8 heteroatoms. The van der Waals surface area contributed by atoms with Gasteiger partial charge in [-0.2, -0.15) is 0 Å². The molecular weight excluding hydrogens is 664 g/mol. The topological polar surface area (TPSA) is 97.1 Å². The normalized spacial score (nSPS) is 15.5. The number of fused-ring (bicyclic) bond motifs is 1. The number of halogens is 1. The molecule has 0 fully saturated rings. The lowest BCUT2D eigenvalue weighted by atomic mass is 9.89. The molecule has 0 bridgehead atoms. The monoisotopic (exact) mass is 720 g/mol. The Hall–Kier alpha value is -3.85. The molecule has 276 valence electrons. The maximum Gasteiger partial charge on any atom is 0.218 e. The Labute approximate surface area is 316 Å². The molecule has 5 rings (SSSR count). The molecule has 5 N–H and O–H groups in total. The molecule has 2 aromatic heterocycles. The highest BCUT2D eigenvalue weighted by molar-refractivity contribution is 6.36. The highest BCUT2D eigenvalue weighted by Gasteiger charge is 2.27. The fraction of sp³-hybridized carbons (Fsp3) is 0.409. The average molecular weight is 721 g/mol. The van der Waals surface area contributed by atoms with Gasteiger partial charge in [-0.15, -0.1) is 6.58 Å². The number of likely N-dealkylation sites (N-methyl/N-ethyl adjacent to an activating group) is 1. The molecule has 1 aliphatic rings. The van der Waals surface area contributed by atoms with Gasteiger partial charge in [0.1, 0.15) is 6.61 Å². The van der Waals surface area contributed by atoms with Crippen molar-refractivity contribution < 1.29 is 4.74 Å². The van der Waals surface area contributed by atoms with Crippen LogP contribution in [0.5, 0.6) is 5.88 Å². The first kappa shape index (κ1) is 39.4. The summed E-state index contributed by atoms with van der Waals surface area (Å²) in [6, 6.07) is 21.9. The van der Waals surface area contributed by atoms with Gasteiger partial charge in [-0.25, -0.2) is 9.97 Å². The summed E-state index contributed by atoms with van der Waals surface area (Å²) >= 11 is 7.34. The van der Waals surface area contributed by atoms with E-state index < -0.39 is 0 Å². The van der Waals surface area contributed by atoms with Crippen LogP contribution in [0.3, 0.4) is 0 Å². The summed E-state index contributed by atoms with van der Waals surface area (Å²) in [4.78, 5) is 10.1. The van der Waals surface area contributed by atoms with E-state index >= 15 is 0 Å². The van der Waals surface area contributed by atoms with E-state index in [1.165, 1.54) is 5.56 Å². The first-order chi connectivity index (χ1) is 25.4. The van der Waals surface area contributed by atoms with E-state index in [4.69, 9.17) is 32.0 Å². The molecule has 0 saturated heterocycles. The second-order valence-electron chi connectivity index (χ2n) is 13.8. The fourth-order valence-corrected chi connectivity index (χ4v) is 7.55. The minimum Gasteiger partial charge on any atom is -0.475 e. The number of nitrogens with two attached hydrogens (primary N) is 1. The van der Waals surface area contributed by atoms with Gasteiger partial charge < -0.3 is 26.4 Å². The van der Waals surface area contributed by atoms with Crippen LogP contribution < -0.4 is 26.4 Å². The van der Waals surface area contributed by atoms with Crippen LogP contribution in [0.15, 0.2) is 79.9 Å². The molecule has 0 spiro atoms. The molecule has 2 aromatic carbocycles. The first-order valence-electron chi connectivity index (χ1n) is 19.1. The van der Waals surface area contributed by atoms with Gasteiger partial charge in [0.05, 0.1) is 28.1 Å². The average Bonchev–Trinajstić information content (AvgIpc) is 3.58. The number of nitrogens with one attached hydrogen (secondary N) is 3. The maximum atomic E-state index is 7.34. The smallest absolute Gasteiger partial charge is 0.218 e. The van der Waals surface area contributed by atoms with Gasteiger partial charge in [-0.05, 0) is 80.1 Å². The molecule has 7 nitrogen and oxygen atoms in total. The second kappa shape index (κ2) is 19.3. The Bertz CT molecular complexity index is 1810. The fourth-order valence-electron chi connectivity index (χ4n) is 7.23. The van der Waals surface area contributed by atoms with Crippen molar-refractivity contribution in [3.63, 3.8) is 0 Å². The van der Waals surface area contributed by atoms with Crippen LogP contribution in [0.1, 0.15) is 93.8 Å². The molecule has 0 saturated carbocycles. The van der Waals surface area contributed by atoms with Crippen LogP contribution >= 0.6 is 11.6 Å². The number of nitrogens with zero attached hydrogens (tertiary/aromatic N) is 2. The Balaban J connectivity index is 1.44. The Morgan fingerprint density at radius 3 is 2.35 bits per heavy atom. The predicted octanol–water partition coefficient (Wildman–Crippen LogP) is 9.47. The van der Waals surface area contributed by atoms with E-state index in [1.807, 2.05) is 19.2 Å². The van der Waals surface area contributed by atoms with Crippen molar-refractivity contribution >= 4 is 17.7 Å². The third-order valence-corrected chi connectivity index (χ3v) is 10.5. The number of hydrogen-bond donors (Lipinski definition) is 4. The van der Waals surface area contributed by atoms with Crippen molar-refractivity contribution in [2.45, 2.75) is 89.9 Å². The summed E-state index contributed by atoms with van der Waals surface area (Å²) in [5.41, 5.74) is 16.4. The molecule has 0 aliphatic carbocycles. The Morgan fingerprint density at radius 2 is 1.63 bits per heavy atom. The molecule has 4 atom stereocenters. The lowest BCUT2D eigenvalue weighted by Gasteiger charge is -2.23. The molecule has 0 radical (unpaired) electrons. The standard InChI is InChI=1S/C44H57ClN6O/c1-7-12-17-30(47-6)27-49-38(10-4)35-22-24-41(50-39(35)11-5)36-21-14-20-34(43(36)45)32-18-13-19-33(31(32)16-9-3)40-25-23-37-42(28-52-44(37)51-40)48-26-29(46)15-8-2/h7,11,13-14,18-25,29-30,38,42,47-49H,1,5,8-10,12,15-17,26-28,46H2,2-4,6H3. The minimum atomic E-state index is 0.0916. The Kier molecular flexibility index (Phi) is 14.6. The van der Waals surface area contributed by atoms with Gasteiger partial charge in [0.2, 0.25) is 5.88 Å². The quantitative estimate of drug-likeness (QED) is 0.0676. The maximum absolute atomic E-state index is 7.34. The highest BCUT2D eigenvalue weighted by Crippen LogP contribution is 2.41. The molecule has 4 aromatic rings.